The zero-order valence-electron chi connectivity index (χ0n) is 16.3. The standard InChI is InChI=1S/C22H27N3O3/c1-28-21(26)20(16-18-8-4-2-5-9-18)23-22(27)25-14-12-24(13-15-25)17-19-10-6-3-7-11-19/h2-11,20H,12-17H2,1H3,(H,23,27)/p+1/t20-/m0/s1. The molecule has 6 nitrogen and oxygen atoms in total. The van der Waals surface area contributed by atoms with Crippen molar-refractivity contribution in [1.82, 2.24) is 10.2 Å². The van der Waals surface area contributed by atoms with Crippen LogP contribution in [0.25, 0.3) is 0 Å². The number of piperazine rings is 1. The number of nitrogens with zero attached hydrogens (tertiary/aromatic N) is 1. The normalized spacial score (nSPS) is 15.7. The number of rotatable bonds is 6. The summed E-state index contributed by atoms with van der Waals surface area (Å²) < 4.78 is 4.88. The average Bonchev–Trinajstić information content (AvgIpc) is 2.74. The first-order valence-electron chi connectivity index (χ1n) is 9.70. The number of ether oxygens (including phenoxy) is 1. The summed E-state index contributed by atoms with van der Waals surface area (Å²) >= 11 is 0. The van der Waals surface area contributed by atoms with E-state index in [2.05, 4.69) is 29.6 Å². The van der Waals surface area contributed by atoms with Crippen LogP contribution in [-0.2, 0) is 22.5 Å². The van der Waals surface area contributed by atoms with Crippen LogP contribution in [0.4, 0.5) is 4.79 Å². The molecule has 0 spiro atoms. The molecule has 28 heavy (non-hydrogen) atoms. The van der Waals surface area contributed by atoms with E-state index in [-0.39, 0.29) is 6.03 Å². The number of nitrogens with one attached hydrogen (secondary N) is 2. The van der Waals surface area contributed by atoms with Crippen LogP contribution in [-0.4, -0.2) is 56.2 Å². The van der Waals surface area contributed by atoms with Crippen molar-refractivity contribution in [2.24, 2.45) is 0 Å². The van der Waals surface area contributed by atoms with Crippen molar-refractivity contribution in [1.29, 1.82) is 0 Å². The van der Waals surface area contributed by atoms with Crippen LogP contribution in [0.1, 0.15) is 11.1 Å². The molecule has 2 aromatic rings. The third kappa shape index (κ3) is 5.57. The summed E-state index contributed by atoms with van der Waals surface area (Å²) in [5, 5.41) is 2.85. The molecule has 148 valence electrons. The predicted octanol–water partition coefficient (Wildman–Crippen LogP) is 0.881. The second-order valence-corrected chi connectivity index (χ2v) is 7.11. The first-order chi connectivity index (χ1) is 13.7. The second kappa shape index (κ2) is 9.90. The molecule has 0 radical (unpaired) electrons. The van der Waals surface area contributed by atoms with Gasteiger partial charge in [-0.1, -0.05) is 60.7 Å². The first-order valence-corrected chi connectivity index (χ1v) is 9.70. The van der Waals surface area contributed by atoms with E-state index in [4.69, 9.17) is 4.74 Å². The molecule has 2 aromatic carbocycles. The Bertz CT molecular complexity index is 759. The van der Waals surface area contributed by atoms with Crippen molar-refractivity contribution in [3.05, 3.63) is 71.8 Å². The highest BCUT2D eigenvalue weighted by Crippen LogP contribution is 2.06. The zero-order chi connectivity index (χ0) is 19.8. The highest BCUT2D eigenvalue weighted by Gasteiger charge is 2.28. The van der Waals surface area contributed by atoms with Crippen molar-refractivity contribution in [2.45, 2.75) is 19.0 Å². The molecule has 1 fully saturated rings. The summed E-state index contributed by atoms with van der Waals surface area (Å²) in [7, 11) is 1.35. The summed E-state index contributed by atoms with van der Waals surface area (Å²) in [4.78, 5) is 28.1. The van der Waals surface area contributed by atoms with Gasteiger partial charge >= 0.3 is 12.0 Å². The number of carbonyl (C=O) groups is 2. The van der Waals surface area contributed by atoms with Crippen molar-refractivity contribution >= 4 is 12.0 Å². The fourth-order valence-electron chi connectivity index (χ4n) is 3.51. The van der Waals surface area contributed by atoms with Gasteiger partial charge in [-0.2, -0.15) is 0 Å². The number of esters is 1. The van der Waals surface area contributed by atoms with Crippen LogP contribution in [0.15, 0.2) is 60.7 Å². The van der Waals surface area contributed by atoms with E-state index in [0.29, 0.717) is 19.5 Å². The smallest absolute Gasteiger partial charge is 0.328 e. The number of benzene rings is 2. The molecule has 1 heterocycles. The Kier molecular flexibility index (Phi) is 7.03. The van der Waals surface area contributed by atoms with Gasteiger partial charge in [0.2, 0.25) is 0 Å². The maximum Gasteiger partial charge on any atom is 0.328 e. The molecule has 1 aliphatic heterocycles. The van der Waals surface area contributed by atoms with Gasteiger partial charge in [-0.25, -0.2) is 9.59 Å². The van der Waals surface area contributed by atoms with Crippen LogP contribution in [0, 0.1) is 0 Å². The quantitative estimate of drug-likeness (QED) is 0.729. The van der Waals surface area contributed by atoms with E-state index in [0.717, 1.165) is 25.2 Å². The van der Waals surface area contributed by atoms with Gasteiger partial charge in [-0.3, -0.25) is 0 Å². The van der Waals surface area contributed by atoms with Crippen LogP contribution in [0.3, 0.4) is 0 Å². The maximum absolute atomic E-state index is 12.7. The number of amides is 2. The highest BCUT2D eigenvalue weighted by atomic mass is 16.5. The maximum atomic E-state index is 12.7. The topological polar surface area (TPSA) is 63.1 Å². The Morgan fingerprint density at radius 2 is 1.57 bits per heavy atom. The predicted molar refractivity (Wildman–Crippen MR) is 107 cm³/mol. The zero-order valence-corrected chi connectivity index (χ0v) is 16.3. The summed E-state index contributed by atoms with van der Waals surface area (Å²) in [6.07, 6.45) is 0.415. The lowest BCUT2D eigenvalue weighted by molar-refractivity contribution is -0.917. The highest BCUT2D eigenvalue weighted by molar-refractivity contribution is 5.83. The number of urea groups is 1. The lowest BCUT2D eigenvalue weighted by Gasteiger charge is -2.33. The molecule has 6 heteroatoms. The third-order valence-corrected chi connectivity index (χ3v) is 5.12. The molecule has 3 rings (SSSR count). The van der Waals surface area contributed by atoms with Gasteiger partial charge in [0.15, 0.2) is 0 Å². The Balaban J connectivity index is 1.52. The average molecular weight is 382 g/mol. The van der Waals surface area contributed by atoms with Gasteiger partial charge in [-0.05, 0) is 5.56 Å². The third-order valence-electron chi connectivity index (χ3n) is 5.12. The Labute approximate surface area is 166 Å². The molecule has 1 aliphatic rings. The SMILES string of the molecule is COC(=O)[C@H](Cc1ccccc1)NC(=O)N1CC[NH+](Cc2ccccc2)CC1. The van der Waals surface area contributed by atoms with Crippen LogP contribution < -0.4 is 10.2 Å². The fraction of sp³-hybridized carbons (Fsp3) is 0.364. The monoisotopic (exact) mass is 382 g/mol. The lowest BCUT2D eigenvalue weighted by Crippen LogP contribution is -3.13. The van der Waals surface area contributed by atoms with Gasteiger partial charge in [-0.15, -0.1) is 0 Å². The second-order valence-electron chi connectivity index (χ2n) is 7.11. The van der Waals surface area contributed by atoms with Gasteiger partial charge in [0.05, 0.1) is 33.3 Å². The number of hydrogen-bond donors (Lipinski definition) is 2. The van der Waals surface area contributed by atoms with Gasteiger partial charge in [0, 0.05) is 12.0 Å². The Hall–Kier alpha value is -2.86. The molecule has 2 N–H and O–H groups in total. The van der Waals surface area contributed by atoms with E-state index in [1.54, 1.807) is 4.90 Å². The number of carbonyl (C=O) groups excluding carboxylic acids is 2. The van der Waals surface area contributed by atoms with Gasteiger partial charge < -0.3 is 19.9 Å². The summed E-state index contributed by atoms with van der Waals surface area (Å²) in [5.41, 5.74) is 2.29. The molecule has 2 amide bonds. The molecule has 1 saturated heterocycles. The van der Waals surface area contributed by atoms with Gasteiger partial charge in [0.25, 0.3) is 0 Å². The van der Waals surface area contributed by atoms with Crippen molar-refractivity contribution in [3.8, 4) is 0 Å². The molecular formula is C22H28N3O3+. The number of quaternary nitrogens is 1. The molecular weight excluding hydrogens is 354 g/mol. The van der Waals surface area contributed by atoms with Crippen molar-refractivity contribution < 1.29 is 19.2 Å². The lowest BCUT2D eigenvalue weighted by atomic mass is 10.1. The van der Waals surface area contributed by atoms with Crippen molar-refractivity contribution in [3.63, 3.8) is 0 Å². The summed E-state index contributed by atoms with van der Waals surface area (Å²) in [6, 6.07) is 19.1. The Morgan fingerprint density at radius 3 is 2.14 bits per heavy atom. The minimum Gasteiger partial charge on any atom is -0.467 e. The number of hydrogen-bond acceptors (Lipinski definition) is 3. The van der Waals surface area contributed by atoms with E-state index in [1.807, 2.05) is 36.4 Å². The largest absolute Gasteiger partial charge is 0.467 e. The van der Waals surface area contributed by atoms with E-state index < -0.39 is 12.0 Å². The molecule has 0 aromatic heterocycles. The number of methoxy groups -OCH3 is 1. The minimum absolute atomic E-state index is 0.204. The summed E-state index contributed by atoms with van der Waals surface area (Å²) in [6.45, 7) is 4.10. The fourth-order valence-corrected chi connectivity index (χ4v) is 3.51. The van der Waals surface area contributed by atoms with E-state index in [9.17, 15) is 9.59 Å². The van der Waals surface area contributed by atoms with Gasteiger partial charge in [0.1, 0.15) is 12.6 Å². The minimum atomic E-state index is -0.686. The summed E-state index contributed by atoms with van der Waals surface area (Å²) in [5.74, 6) is -0.425. The van der Waals surface area contributed by atoms with E-state index >= 15 is 0 Å². The molecule has 0 unspecified atom stereocenters. The van der Waals surface area contributed by atoms with Crippen LogP contribution in [0.5, 0.6) is 0 Å². The van der Waals surface area contributed by atoms with Crippen LogP contribution >= 0.6 is 0 Å². The molecule has 1 atom stereocenters. The van der Waals surface area contributed by atoms with E-state index in [1.165, 1.54) is 17.6 Å². The van der Waals surface area contributed by atoms with Crippen molar-refractivity contribution in [2.75, 3.05) is 33.3 Å². The van der Waals surface area contributed by atoms with Crippen LogP contribution in [0.2, 0.25) is 0 Å². The molecule has 0 saturated carbocycles. The molecule has 0 bridgehead atoms. The molecule has 0 aliphatic carbocycles. The first kappa shape index (κ1) is 19.9. The Morgan fingerprint density at radius 1 is 1.00 bits per heavy atom.